The monoisotopic (exact) mass is 193 g/mol. The predicted molar refractivity (Wildman–Crippen MR) is 57.3 cm³/mol. The van der Waals surface area contributed by atoms with E-state index in [0.29, 0.717) is 5.92 Å². The normalized spacial score (nSPS) is 27.9. The van der Waals surface area contributed by atoms with Crippen molar-refractivity contribution in [3.8, 4) is 0 Å². The van der Waals surface area contributed by atoms with Crippen molar-refractivity contribution in [2.45, 2.75) is 26.2 Å². The minimum Gasteiger partial charge on any atom is -0.316 e. The molecule has 2 atom stereocenters. The fourth-order valence-electron chi connectivity index (χ4n) is 2.41. The van der Waals surface area contributed by atoms with Crippen LogP contribution in [-0.4, -0.2) is 22.9 Å². The lowest BCUT2D eigenvalue weighted by atomic mass is 9.87. The maximum absolute atomic E-state index is 4.40. The molecular weight excluding hydrogens is 174 g/mol. The van der Waals surface area contributed by atoms with E-state index < -0.39 is 0 Å². The molecule has 0 aromatic carbocycles. The van der Waals surface area contributed by atoms with Gasteiger partial charge in [0, 0.05) is 25.7 Å². The SMILES string of the molecule is Cc1nn(C)cc1C1CNCC(C)C1. The van der Waals surface area contributed by atoms with E-state index in [1.165, 1.54) is 17.7 Å². The van der Waals surface area contributed by atoms with E-state index in [1.807, 2.05) is 11.7 Å². The molecule has 1 aliphatic heterocycles. The molecule has 0 bridgehead atoms. The van der Waals surface area contributed by atoms with Crippen molar-refractivity contribution >= 4 is 0 Å². The average Bonchev–Trinajstić information content (AvgIpc) is 2.45. The van der Waals surface area contributed by atoms with Gasteiger partial charge in [-0.25, -0.2) is 0 Å². The zero-order chi connectivity index (χ0) is 10.1. The topological polar surface area (TPSA) is 29.9 Å². The highest BCUT2D eigenvalue weighted by Crippen LogP contribution is 2.27. The van der Waals surface area contributed by atoms with Gasteiger partial charge in [0.15, 0.2) is 0 Å². The van der Waals surface area contributed by atoms with Crippen molar-refractivity contribution in [3.05, 3.63) is 17.5 Å². The Morgan fingerprint density at radius 2 is 2.29 bits per heavy atom. The molecule has 0 spiro atoms. The Labute approximate surface area is 85.5 Å². The smallest absolute Gasteiger partial charge is 0.0628 e. The molecule has 1 aromatic rings. The molecule has 0 amide bonds. The minimum atomic E-state index is 0.660. The third kappa shape index (κ3) is 1.82. The fourth-order valence-corrected chi connectivity index (χ4v) is 2.41. The van der Waals surface area contributed by atoms with E-state index in [2.05, 4.69) is 30.5 Å². The molecule has 1 fully saturated rings. The van der Waals surface area contributed by atoms with Crippen molar-refractivity contribution in [2.24, 2.45) is 13.0 Å². The highest BCUT2D eigenvalue weighted by Gasteiger charge is 2.22. The van der Waals surface area contributed by atoms with Crippen LogP contribution in [0.5, 0.6) is 0 Å². The van der Waals surface area contributed by atoms with Crippen LogP contribution in [0.25, 0.3) is 0 Å². The van der Waals surface area contributed by atoms with Crippen LogP contribution in [0.3, 0.4) is 0 Å². The Morgan fingerprint density at radius 1 is 1.50 bits per heavy atom. The summed E-state index contributed by atoms with van der Waals surface area (Å²) in [5.41, 5.74) is 2.61. The van der Waals surface area contributed by atoms with Gasteiger partial charge in [-0.05, 0) is 31.4 Å². The van der Waals surface area contributed by atoms with Gasteiger partial charge in [-0.3, -0.25) is 4.68 Å². The second kappa shape index (κ2) is 3.73. The second-order valence-corrected chi connectivity index (χ2v) is 4.54. The molecule has 1 aromatic heterocycles. The van der Waals surface area contributed by atoms with Gasteiger partial charge in [0.2, 0.25) is 0 Å². The van der Waals surface area contributed by atoms with Crippen LogP contribution in [0, 0.1) is 12.8 Å². The maximum atomic E-state index is 4.40. The first kappa shape index (κ1) is 9.71. The van der Waals surface area contributed by atoms with Gasteiger partial charge < -0.3 is 5.32 Å². The first-order chi connectivity index (χ1) is 6.66. The zero-order valence-electron chi connectivity index (χ0n) is 9.25. The van der Waals surface area contributed by atoms with Gasteiger partial charge in [0.05, 0.1) is 5.69 Å². The van der Waals surface area contributed by atoms with Gasteiger partial charge in [-0.15, -0.1) is 0 Å². The van der Waals surface area contributed by atoms with Gasteiger partial charge >= 0.3 is 0 Å². The molecule has 1 N–H and O–H groups in total. The van der Waals surface area contributed by atoms with Crippen molar-refractivity contribution in [1.29, 1.82) is 0 Å². The Balaban J connectivity index is 2.17. The number of nitrogens with zero attached hydrogens (tertiary/aromatic N) is 2. The Hall–Kier alpha value is -0.830. The van der Waals surface area contributed by atoms with E-state index in [9.17, 15) is 0 Å². The Morgan fingerprint density at radius 3 is 2.86 bits per heavy atom. The molecule has 2 heterocycles. The molecule has 0 aliphatic carbocycles. The number of hydrogen-bond acceptors (Lipinski definition) is 2. The molecule has 2 unspecified atom stereocenters. The molecule has 2 rings (SSSR count). The lowest BCUT2D eigenvalue weighted by molar-refractivity contribution is 0.363. The summed E-state index contributed by atoms with van der Waals surface area (Å²) in [6.07, 6.45) is 3.46. The summed E-state index contributed by atoms with van der Waals surface area (Å²) >= 11 is 0. The first-order valence-corrected chi connectivity index (χ1v) is 5.37. The van der Waals surface area contributed by atoms with E-state index >= 15 is 0 Å². The first-order valence-electron chi connectivity index (χ1n) is 5.37. The zero-order valence-corrected chi connectivity index (χ0v) is 9.25. The molecule has 3 heteroatoms. The van der Waals surface area contributed by atoms with E-state index in [-0.39, 0.29) is 0 Å². The van der Waals surface area contributed by atoms with Gasteiger partial charge in [-0.2, -0.15) is 5.10 Å². The minimum absolute atomic E-state index is 0.660. The van der Waals surface area contributed by atoms with Crippen molar-refractivity contribution in [3.63, 3.8) is 0 Å². The summed E-state index contributed by atoms with van der Waals surface area (Å²) in [4.78, 5) is 0. The standard InChI is InChI=1S/C11H19N3/c1-8-4-10(6-12-5-8)11-7-14(3)13-9(11)2/h7-8,10,12H,4-6H2,1-3H3. The van der Waals surface area contributed by atoms with Gasteiger partial charge in [0.1, 0.15) is 0 Å². The van der Waals surface area contributed by atoms with Crippen LogP contribution >= 0.6 is 0 Å². The molecule has 1 saturated heterocycles. The molecule has 0 saturated carbocycles. The van der Waals surface area contributed by atoms with Gasteiger partial charge in [-0.1, -0.05) is 6.92 Å². The number of aromatic nitrogens is 2. The van der Waals surface area contributed by atoms with Crippen LogP contribution in [0.2, 0.25) is 0 Å². The molecule has 0 radical (unpaired) electrons. The lowest BCUT2D eigenvalue weighted by Gasteiger charge is -2.27. The highest BCUT2D eigenvalue weighted by atomic mass is 15.2. The van der Waals surface area contributed by atoms with Crippen LogP contribution in [0.15, 0.2) is 6.20 Å². The summed E-state index contributed by atoms with van der Waals surface area (Å²) in [7, 11) is 2.00. The number of piperidine rings is 1. The lowest BCUT2D eigenvalue weighted by Crippen LogP contribution is -2.33. The Bertz CT molecular complexity index is 316. The maximum Gasteiger partial charge on any atom is 0.0628 e. The van der Waals surface area contributed by atoms with Crippen molar-refractivity contribution in [2.75, 3.05) is 13.1 Å². The van der Waals surface area contributed by atoms with E-state index in [1.54, 1.807) is 0 Å². The van der Waals surface area contributed by atoms with E-state index in [0.717, 1.165) is 19.0 Å². The highest BCUT2D eigenvalue weighted by molar-refractivity contribution is 5.21. The largest absolute Gasteiger partial charge is 0.316 e. The summed E-state index contributed by atoms with van der Waals surface area (Å²) in [5.74, 6) is 1.45. The number of rotatable bonds is 1. The average molecular weight is 193 g/mol. The molecule has 14 heavy (non-hydrogen) atoms. The molecule has 1 aliphatic rings. The predicted octanol–water partition coefficient (Wildman–Crippen LogP) is 1.44. The summed E-state index contributed by atoms with van der Waals surface area (Å²) in [6, 6.07) is 0. The number of aryl methyl sites for hydroxylation is 2. The quantitative estimate of drug-likeness (QED) is 0.731. The number of hydrogen-bond donors (Lipinski definition) is 1. The number of nitrogens with one attached hydrogen (secondary N) is 1. The van der Waals surface area contributed by atoms with E-state index in [4.69, 9.17) is 0 Å². The third-order valence-electron chi connectivity index (χ3n) is 3.06. The Kier molecular flexibility index (Phi) is 2.59. The third-order valence-corrected chi connectivity index (χ3v) is 3.06. The van der Waals surface area contributed by atoms with Gasteiger partial charge in [0.25, 0.3) is 0 Å². The van der Waals surface area contributed by atoms with Crippen LogP contribution in [-0.2, 0) is 7.05 Å². The van der Waals surface area contributed by atoms with Crippen molar-refractivity contribution < 1.29 is 0 Å². The summed E-state index contributed by atoms with van der Waals surface area (Å²) < 4.78 is 1.92. The molecular formula is C11H19N3. The van der Waals surface area contributed by atoms with Crippen LogP contribution < -0.4 is 5.32 Å². The van der Waals surface area contributed by atoms with Crippen molar-refractivity contribution in [1.82, 2.24) is 15.1 Å². The molecule has 78 valence electrons. The second-order valence-electron chi connectivity index (χ2n) is 4.54. The molecule has 3 nitrogen and oxygen atoms in total. The van der Waals surface area contributed by atoms with Crippen LogP contribution in [0.1, 0.15) is 30.5 Å². The fraction of sp³-hybridized carbons (Fsp3) is 0.727. The summed E-state index contributed by atoms with van der Waals surface area (Å²) in [5, 5.41) is 7.88. The van der Waals surface area contributed by atoms with Crippen LogP contribution in [0.4, 0.5) is 0 Å². The summed E-state index contributed by atoms with van der Waals surface area (Å²) in [6.45, 7) is 6.69.